The Morgan fingerprint density at radius 2 is 1.96 bits per heavy atom. The molecule has 1 N–H and O–H groups in total. The van der Waals surface area contributed by atoms with Gasteiger partial charge < -0.3 is 14.8 Å². The largest absolute Gasteiger partial charge is 0.496 e. The van der Waals surface area contributed by atoms with E-state index in [2.05, 4.69) is 5.32 Å². The van der Waals surface area contributed by atoms with Gasteiger partial charge in [-0.3, -0.25) is 14.9 Å². The number of nitro groups is 1. The minimum atomic E-state index is -0.914. The molecule has 26 heavy (non-hydrogen) atoms. The van der Waals surface area contributed by atoms with E-state index in [0.29, 0.717) is 10.7 Å². The smallest absolute Gasteiger partial charge is 0.342 e. The second-order valence-electron chi connectivity index (χ2n) is 5.23. The second kappa shape index (κ2) is 8.30. The van der Waals surface area contributed by atoms with Gasteiger partial charge in [-0.1, -0.05) is 17.7 Å². The van der Waals surface area contributed by atoms with Crippen molar-refractivity contribution in [2.75, 3.05) is 19.0 Å². The van der Waals surface area contributed by atoms with Crippen molar-refractivity contribution < 1.29 is 24.0 Å². The van der Waals surface area contributed by atoms with E-state index in [1.54, 1.807) is 18.2 Å². The molecule has 0 radical (unpaired) electrons. The summed E-state index contributed by atoms with van der Waals surface area (Å²) in [6.07, 6.45) is 0. The summed E-state index contributed by atoms with van der Waals surface area (Å²) in [6, 6.07) is 8.47. The zero-order valence-electron chi connectivity index (χ0n) is 13.9. The zero-order chi connectivity index (χ0) is 19.3. The molecule has 0 fully saturated rings. The Morgan fingerprint density at radius 1 is 1.23 bits per heavy atom. The molecule has 0 aromatic heterocycles. The fourth-order valence-electron chi connectivity index (χ4n) is 2.05. The number of hydrogen-bond donors (Lipinski definition) is 1. The molecule has 9 heteroatoms. The van der Waals surface area contributed by atoms with Crippen LogP contribution in [0.4, 0.5) is 11.4 Å². The van der Waals surface area contributed by atoms with Crippen LogP contribution in [0, 0.1) is 17.0 Å². The third kappa shape index (κ3) is 4.70. The number of carbonyl (C=O) groups excluding carboxylic acids is 2. The van der Waals surface area contributed by atoms with E-state index in [-0.39, 0.29) is 17.0 Å². The van der Waals surface area contributed by atoms with Crippen molar-refractivity contribution in [2.24, 2.45) is 0 Å². The molecule has 0 saturated carbocycles. The highest BCUT2D eigenvalue weighted by atomic mass is 35.5. The van der Waals surface area contributed by atoms with Crippen LogP contribution in [-0.4, -0.2) is 30.5 Å². The number of anilines is 1. The maximum Gasteiger partial charge on any atom is 0.342 e. The van der Waals surface area contributed by atoms with E-state index in [0.717, 1.165) is 11.6 Å². The summed E-state index contributed by atoms with van der Waals surface area (Å²) < 4.78 is 9.90. The van der Waals surface area contributed by atoms with Gasteiger partial charge in [-0.25, -0.2) is 4.79 Å². The topological polar surface area (TPSA) is 108 Å². The summed E-state index contributed by atoms with van der Waals surface area (Å²) in [6.45, 7) is 1.25. The maximum atomic E-state index is 12.1. The van der Waals surface area contributed by atoms with Crippen LogP contribution in [0.5, 0.6) is 5.75 Å². The lowest BCUT2D eigenvalue weighted by Gasteiger charge is -2.10. The van der Waals surface area contributed by atoms with E-state index in [9.17, 15) is 19.7 Å². The summed E-state index contributed by atoms with van der Waals surface area (Å²) in [4.78, 5) is 34.2. The fourth-order valence-corrected chi connectivity index (χ4v) is 2.23. The number of rotatable bonds is 6. The number of nitrogens with one attached hydrogen (secondary N) is 1. The lowest BCUT2D eigenvalue weighted by molar-refractivity contribution is -0.384. The molecule has 0 unspecified atom stereocenters. The normalized spacial score (nSPS) is 10.1. The minimum absolute atomic E-state index is 0.103. The molecule has 0 heterocycles. The molecule has 0 spiro atoms. The van der Waals surface area contributed by atoms with Crippen LogP contribution >= 0.6 is 11.6 Å². The van der Waals surface area contributed by atoms with Crippen molar-refractivity contribution in [2.45, 2.75) is 6.92 Å². The average molecular weight is 379 g/mol. The standard InChI is InChI=1S/C17H15ClN2O6/c1-10-3-4-11(7-14(10)18)19-16(21)9-26-17(22)13-8-12(20(23)24)5-6-15(13)25-2/h3-8H,9H2,1-2H3,(H,19,21). The Balaban J connectivity index is 2.03. The van der Waals surface area contributed by atoms with Crippen LogP contribution < -0.4 is 10.1 Å². The zero-order valence-corrected chi connectivity index (χ0v) is 14.7. The molecule has 0 aliphatic carbocycles. The van der Waals surface area contributed by atoms with Crippen LogP contribution in [0.1, 0.15) is 15.9 Å². The molecule has 136 valence electrons. The van der Waals surface area contributed by atoms with E-state index in [1.165, 1.54) is 19.2 Å². The lowest BCUT2D eigenvalue weighted by atomic mass is 10.2. The second-order valence-corrected chi connectivity index (χ2v) is 5.64. The molecule has 0 aliphatic heterocycles. The predicted octanol–water partition coefficient (Wildman–Crippen LogP) is 3.36. The van der Waals surface area contributed by atoms with Crippen molar-refractivity contribution in [1.82, 2.24) is 0 Å². The molecule has 0 saturated heterocycles. The minimum Gasteiger partial charge on any atom is -0.496 e. The number of amides is 1. The molecular formula is C17H15ClN2O6. The first-order valence-corrected chi connectivity index (χ1v) is 7.75. The van der Waals surface area contributed by atoms with Gasteiger partial charge in [0.1, 0.15) is 11.3 Å². The van der Waals surface area contributed by atoms with Gasteiger partial charge in [-0.2, -0.15) is 0 Å². The quantitative estimate of drug-likeness (QED) is 0.469. The molecular weight excluding hydrogens is 364 g/mol. The van der Waals surface area contributed by atoms with Crippen molar-refractivity contribution >= 4 is 34.9 Å². The first-order chi connectivity index (χ1) is 12.3. The van der Waals surface area contributed by atoms with Gasteiger partial charge in [0.15, 0.2) is 6.61 Å². The lowest BCUT2D eigenvalue weighted by Crippen LogP contribution is -2.21. The summed E-state index contributed by atoms with van der Waals surface area (Å²) >= 11 is 5.97. The first-order valence-electron chi connectivity index (χ1n) is 7.37. The highest BCUT2D eigenvalue weighted by Gasteiger charge is 2.19. The summed E-state index contributed by atoms with van der Waals surface area (Å²) in [5.74, 6) is -1.39. The SMILES string of the molecule is COc1ccc([N+](=O)[O-])cc1C(=O)OCC(=O)Nc1ccc(C)c(Cl)c1. The van der Waals surface area contributed by atoms with Gasteiger partial charge in [-0.15, -0.1) is 0 Å². The van der Waals surface area contributed by atoms with Crippen LogP contribution in [0.3, 0.4) is 0 Å². The Kier molecular flexibility index (Phi) is 6.13. The number of halogens is 1. The van der Waals surface area contributed by atoms with Crippen molar-refractivity contribution in [3.05, 3.63) is 62.7 Å². The molecule has 2 aromatic rings. The fraction of sp³-hybridized carbons (Fsp3) is 0.176. The molecule has 2 rings (SSSR count). The van der Waals surface area contributed by atoms with E-state index in [4.69, 9.17) is 21.1 Å². The third-order valence-electron chi connectivity index (χ3n) is 3.40. The molecule has 2 aromatic carbocycles. The number of nitrogens with zero attached hydrogens (tertiary/aromatic N) is 1. The van der Waals surface area contributed by atoms with Crippen LogP contribution in [0.25, 0.3) is 0 Å². The van der Waals surface area contributed by atoms with Gasteiger partial charge >= 0.3 is 5.97 Å². The third-order valence-corrected chi connectivity index (χ3v) is 3.81. The van der Waals surface area contributed by atoms with Gasteiger partial charge in [0, 0.05) is 22.8 Å². The summed E-state index contributed by atoms with van der Waals surface area (Å²) in [7, 11) is 1.31. The summed E-state index contributed by atoms with van der Waals surface area (Å²) in [5, 5.41) is 13.9. The number of non-ortho nitro benzene ring substituents is 1. The van der Waals surface area contributed by atoms with E-state index < -0.39 is 23.4 Å². The average Bonchev–Trinajstić information content (AvgIpc) is 2.62. The maximum absolute atomic E-state index is 12.1. The Bertz CT molecular complexity index is 868. The van der Waals surface area contributed by atoms with Crippen molar-refractivity contribution in [3.63, 3.8) is 0 Å². The Morgan fingerprint density at radius 3 is 2.58 bits per heavy atom. The number of benzene rings is 2. The van der Waals surface area contributed by atoms with Crippen LogP contribution in [0.15, 0.2) is 36.4 Å². The predicted molar refractivity (Wildman–Crippen MR) is 94.7 cm³/mol. The van der Waals surface area contributed by atoms with Crippen LogP contribution in [0.2, 0.25) is 5.02 Å². The number of nitro benzene ring substituents is 1. The first kappa shape index (κ1) is 19.2. The highest BCUT2D eigenvalue weighted by molar-refractivity contribution is 6.31. The molecule has 0 aliphatic rings. The number of aryl methyl sites for hydroxylation is 1. The Hall–Kier alpha value is -3.13. The number of carbonyl (C=O) groups is 2. The summed E-state index contributed by atoms with van der Waals surface area (Å²) in [5.41, 5.74) is 0.868. The Labute approximate surface area is 153 Å². The van der Waals surface area contributed by atoms with Crippen molar-refractivity contribution in [3.8, 4) is 5.75 Å². The van der Waals surface area contributed by atoms with Gasteiger partial charge in [0.25, 0.3) is 11.6 Å². The monoisotopic (exact) mass is 378 g/mol. The molecule has 0 bridgehead atoms. The molecule has 8 nitrogen and oxygen atoms in total. The number of esters is 1. The number of ether oxygens (including phenoxy) is 2. The molecule has 0 atom stereocenters. The number of methoxy groups -OCH3 is 1. The van der Waals surface area contributed by atoms with Crippen molar-refractivity contribution in [1.29, 1.82) is 0 Å². The highest BCUT2D eigenvalue weighted by Crippen LogP contribution is 2.25. The number of hydrogen-bond acceptors (Lipinski definition) is 6. The van der Waals surface area contributed by atoms with Gasteiger partial charge in [0.2, 0.25) is 0 Å². The van der Waals surface area contributed by atoms with E-state index in [1.807, 2.05) is 6.92 Å². The van der Waals surface area contributed by atoms with Gasteiger partial charge in [0.05, 0.1) is 12.0 Å². The molecule has 1 amide bonds. The van der Waals surface area contributed by atoms with E-state index >= 15 is 0 Å². The van der Waals surface area contributed by atoms with Gasteiger partial charge in [-0.05, 0) is 30.7 Å². The van der Waals surface area contributed by atoms with Crippen LogP contribution in [-0.2, 0) is 9.53 Å².